The third-order valence-electron chi connectivity index (χ3n) is 7.07. The molecule has 2 amide bonds. The molecule has 3 rings (SSSR count). The maximum atomic E-state index is 14.2. The number of nitrogens with zero attached hydrogens (tertiary/aromatic N) is 2. The quantitative estimate of drug-likeness (QED) is 0.225. The Morgan fingerprint density at radius 2 is 1.50 bits per heavy atom. The fourth-order valence-electron chi connectivity index (χ4n) is 4.40. The van der Waals surface area contributed by atoms with Crippen molar-refractivity contribution in [3.8, 4) is 0 Å². The van der Waals surface area contributed by atoms with Crippen LogP contribution in [0.4, 0.5) is 5.69 Å². The number of benzene rings is 3. The molecule has 0 fully saturated rings. The second kappa shape index (κ2) is 14.6. The summed E-state index contributed by atoms with van der Waals surface area (Å²) in [5.74, 6) is -0.917. The number of amides is 2. The number of halogens is 3. The van der Waals surface area contributed by atoms with Crippen LogP contribution in [-0.2, 0) is 26.2 Å². The topological polar surface area (TPSA) is 86.8 Å². The van der Waals surface area contributed by atoms with Crippen LogP contribution in [0.3, 0.4) is 0 Å². The fraction of sp³-hybridized carbons (Fsp3) is 0.355. The monoisotopic (exact) mass is 651 g/mol. The first-order valence-corrected chi connectivity index (χ1v) is 16.2. The molecular formula is C31H36Cl3N3O4S. The molecule has 0 aromatic heterocycles. The molecule has 226 valence electrons. The van der Waals surface area contributed by atoms with Gasteiger partial charge in [0.05, 0.1) is 10.6 Å². The Balaban J connectivity index is 2.12. The summed E-state index contributed by atoms with van der Waals surface area (Å²) >= 11 is 18.9. The SMILES string of the molecule is CC[C@H](C(=O)N[C@@H](C)CC)N(Cc1ccc(Cl)cc1Cl)C(=O)CN(c1cc(Cl)ccc1C)S(=O)(=O)c1ccc(C)cc1. The molecule has 0 saturated heterocycles. The molecule has 42 heavy (non-hydrogen) atoms. The summed E-state index contributed by atoms with van der Waals surface area (Å²) in [4.78, 5) is 29.1. The zero-order valence-electron chi connectivity index (χ0n) is 24.3. The lowest BCUT2D eigenvalue weighted by atomic mass is 10.1. The Labute approximate surface area is 263 Å². The van der Waals surface area contributed by atoms with E-state index in [9.17, 15) is 18.0 Å². The van der Waals surface area contributed by atoms with Gasteiger partial charge in [-0.1, -0.05) is 78.5 Å². The highest BCUT2D eigenvalue weighted by Gasteiger charge is 2.34. The summed E-state index contributed by atoms with van der Waals surface area (Å²) in [6.45, 7) is 8.62. The maximum absolute atomic E-state index is 14.2. The number of aryl methyl sites for hydroxylation is 2. The van der Waals surface area contributed by atoms with E-state index in [1.807, 2.05) is 20.8 Å². The molecule has 0 radical (unpaired) electrons. The molecule has 3 aromatic carbocycles. The van der Waals surface area contributed by atoms with E-state index in [0.29, 0.717) is 39.0 Å². The Bertz CT molecular complexity index is 1530. The molecular weight excluding hydrogens is 617 g/mol. The van der Waals surface area contributed by atoms with E-state index >= 15 is 0 Å². The molecule has 3 aromatic rings. The third-order valence-corrected chi connectivity index (χ3v) is 9.67. The number of sulfonamides is 1. The van der Waals surface area contributed by atoms with Gasteiger partial charge in [0.1, 0.15) is 12.6 Å². The zero-order chi connectivity index (χ0) is 31.2. The maximum Gasteiger partial charge on any atom is 0.264 e. The largest absolute Gasteiger partial charge is 0.352 e. The number of anilines is 1. The van der Waals surface area contributed by atoms with E-state index < -0.39 is 28.5 Å². The first-order valence-electron chi connectivity index (χ1n) is 13.7. The summed E-state index contributed by atoms with van der Waals surface area (Å²) in [6.07, 6.45) is 0.996. The average molecular weight is 653 g/mol. The second-order valence-electron chi connectivity index (χ2n) is 10.3. The first kappa shape index (κ1) is 33.7. The van der Waals surface area contributed by atoms with Crippen LogP contribution in [0.1, 0.15) is 50.3 Å². The van der Waals surface area contributed by atoms with Crippen LogP contribution in [0.25, 0.3) is 0 Å². The summed E-state index contributed by atoms with van der Waals surface area (Å²) in [7, 11) is -4.22. The van der Waals surface area contributed by atoms with Gasteiger partial charge in [0.2, 0.25) is 11.8 Å². The van der Waals surface area contributed by atoms with E-state index in [1.54, 1.807) is 56.3 Å². The van der Waals surface area contributed by atoms with E-state index in [1.165, 1.54) is 23.1 Å². The molecule has 0 aliphatic rings. The van der Waals surface area contributed by atoms with Crippen molar-refractivity contribution in [3.05, 3.63) is 92.4 Å². The van der Waals surface area contributed by atoms with Gasteiger partial charge in [0.15, 0.2) is 0 Å². The summed E-state index contributed by atoms with van der Waals surface area (Å²) < 4.78 is 29.2. The summed E-state index contributed by atoms with van der Waals surface area (Å²) in [5, 5.41) is 4.02. The van der Waals surface area contributed by atoms with Crippen LogP contribution < -0.4 is 9.62 Å². The van der Waals surface area contributed by atoms with Crippen molar-refractivity contribution in [2.45, 2.75) is 71.0 Å². The molecule has 0 aliphatic heterocycles. The van der Waals surface area contributed by atoms with Crippen molar-refractivity contribution in [2.75, 3.05) is 10.8 Å². The number of carbonyl (C=O) groups is 2. The van der Waals surface area contributed by atoms with Gasteiger partial charge < -0.3 is 10.2 Å². The van der Waals surface area contributed by atoms with Crippen LogP contribution in [0.2, 0.25) is 15.1 Å². The molecule has 0 unspecified atom stereocenters. The van der Waals surface area contributed by atoms with Gasteiger partial charge in [0, 0.05) is 27.7 Å². The molecule has 0 heterocycles. The van der Waals surface area contributed by atoms with Crippen molar-refractivity contribution in [2.24, 2.45) is 0 Å². The molecule has 2 atom stereocenters. The van der Waals surface area contributed by atoms with Gasteiger partial charge >= 0.3 is 0 Å². The Hall–Kier alpha value is -2.78. The van der Waals surface area contributed by atoms with Gasteiger partial charge in [-0.2, -0.15) is 0 Å². The molecule has 0 spiro atoms. The Morgan fingerprint density at radius 1 is 0.881 bits per heavy atom. The zero-order valence-corrected chi connectivity index (χ0v) is 27.4. The predicted molar refractivity (Wildman–Crippen MR) is 171 cm³/mol. The van der Waals surface area contributed by atoms with Crippen LogP contribution in [-0.4, -0.2) is 43.8 Å². The second-order valence-corrected chi connectivity index (χ2v) is 13.4. The van der Waals surface area contributed by atoms with Gasteiger partial charge in [-0.25, -0.2) is 8.42 Å². The van der Waals surface area contributed by atoms with E-state index in [2.05, 4.69) is 5.32 Å². The molecule has 0 aliphatic carbocycles. The van der Waals surface area contributed by atoms with Gasteiger partial charge in [-0.05, 0) is 81.1 Å². The van der Waals surface area contributed by atoms with Crippen LogP contribution in [0, 0.1) is 13.8 Å². The van der Waals surface area contributed by atoms with Crippen molar-refractivity contribution in [1.82, 2.24) is 10.2 Å². The minimum absolute atomic E-state index is 0.0223. The minimum atomic E-state index is -4.22. The Morgan fingerprint density at radius 3 is 2.10 bits per heavy atom. The smallest absolute Gasteiger partial charge is 0.264 e. The highest BCUT2D eigenvalue weighted by molar-refractivity contribution is 7.92. The molecule has 0 saturated carbocycles. The van der Waals surface area contributed by atoms with E-state index in [0.717, 1.165) is 9.87 Å². The predicted octanol–water partition coefficient (Wildman–Crippen LogP) is 7.18. The highest BCUT2D eigenvalue weighted by Crippen LogP contribution is 2.31. The standard InChI is InChI=1S/C31H36Cl3N3O4S/c1-6-22(5)35-31(39)28(7-2)36(18-23-11-13-24(32)16-27(23)34)30(38)19-37(29-17-25(33)12-10-21(29)4)42(40,41)26-14-8-20(3)9-15-26/h8-17,22,28H,6-7,18-19H2,1-5H3,(H,35,39)/t22-,28+/m0/s1. The molecule has 7 nitrogen and oxygen atoms in total. The summed E-state index contributed by atoms with van der Waals surface area (Å²) in [6, 6.07) is 15.1. The number of carbonyl (C=O) groups excluding carboxylic acids is 2. The highest BCUT2D eigenvalue weighted by atomic mass is 35.5. The summed E-state index contributed by atoms with van der Waals surface area (Å²) in [5.41, 5.74) is 2.32. The van der Waals surface area contributed by atoms with E-state index in [-0.39, 0.29) is 29.1 Å². The number of hydrogen-bond acceptors (Lipinski definition) is 4. The number of nitrogens with one attached hydrogen (secondary N) is 1. The molecule has 1 N–H and O–H groups in total. The Kier molecular flexibility index (Phi) is 11.7. The van der Waals surface area contributed by atoms with Gasteiger partial charge in [-0.15, -0.1) is 0 Å². The van der Waals surface area contributed by atoms with Crippen molar-refractivity contribution in [1.29, 1.82) is 0 Å². The number of hydrogen-bond donors (Lipinski definition) is 1. The lowest BCUT2D eigenvalue weighted by Crippen LogP contribution is -2.53. The van der Waals surface area contributed by atoms with Crippen LogP contribution in [0.5, 0.6) is 0 Å². The lowest BCUT2D eigenvalue weighted by Gasteiger charge is -2.34. The van der Waals surface area contributed by atoms with Crippen molar-refractivity contribution >= 4 is 62.3 Å². The molecule has 0 bridgehead atoms. The average Bonchev–Trinajstić information content (AvgIpc) is 2.94. The third kappa shape index (κ3) is 8.19. The van der Waals surface area contributed by atoms with Gasteiger partial charge in [-0.3, -0.25) is 13.9 Å². The molecule has 11 heteroatoms. The van der Waals surface area contributed by atoms with Gasteiger partial charge in [0.25, 0.3) is 10.0 Å². The van der Waals surface area contributed by atoms with Crippen molar-refractivity contribution < 1.29 is 18.0 Å². The normalized spacial score (nSPS) is 12.9. The lowest BCUT2D eigenvalue weighted by molar-refractivity contribution is -0.140. The van der Waals surface area contributed by atoms with Crippen LogP contribution in [0.15, 0.2) is 65.6 Å². The minimum Gasteiger partial charge on any atom is -0.352 e. The fourth-order valence-corrected chi connectivity index (χ4v) is 6.50. The van der Waals surface area contributed by atoms with Crippen molar-refractivity contribution in [3.63, 3.8) is 0 Å². The number of rotatable bonds is 12. The first-order chi connectivity index (χ1) is 19.8. The van der Waals surface area contributed by atoms with Crippen LogP contribution >= 0.6 is 34.8 Å². The van der Waals surface area contributed by atoms with E-state index in [4.69, 9.17) is 34.8 Å².